The molecule has 0 aromatic carbocycles. The Kier molecular flexibility index (Phi) is 3.67. The number of Topliss-reactive ketones (excluding diaryl/α,β-unsaturated/α-hetero) is 1. The van der Waals surface area contributed by atoms with E-state index in [9.17, 15) is 9.90 Å². The number of hydrogen-bond donors (Lipinski definition) is 1. The second-order valence-electron chi connectivity index (χ2n) is 9.30. The Bertz CT molecular complexity index is 551. The molecule has 0 aromatic rings. The van der Waals surface area contributed by atoms with Crippen LogP contribution in [0.25, 0.3) is 0 Å². The number of ketones is 1. The van der Waals surface area contributed by atoms with Crippen molar-refractivity contribution in [2.24, 2.45) is 16.7 Å². The fraction of sp³-hybridized carbons (Fsp3) is 0.850. The highest BCUT2D eigenvalue weighted by atomic mass is 16.5. The number of ether oxygens (including phenoxy) is 1. The Hall–Kier alpha value is -0.670. The smallest absolute Gasteiger partial charge is 0.157 e. The monoisotopic (exact) mass is 320 g/mol. The van der Waals surface area contributed by atoms with Gasteiger partial charge in [0.2, 0.25) is 0 Å². The molecule has 3 nitrogen and oxygen atoms in total. The minimum Gasteiger partial charge on any atom is -0.389 e. The van der Waals surface area contributed by atoms with Crippen molar-refractivity contribution in [3.8, 4) is 0 Å². The van der Waals surface area contributed by atoms with Gasteiger partial charge >= 0.3 is 0 Å². The largest absolute Gasteiger partial charge is 0.389 e. The van der Waals surface area contributed by atoms with Crippen LogP contribution in [0.2, 0.25) is 0 Å². The molecule has 0 spiro atoms. The molecule has 1 aliphatic heterocycles. The molecule has 2 saturated carbocycles. The van der Waals surface area contributed by atoms with Crippen LogP contribution in [0.15, 0.2) is 12.2 Å². The number of carbonyl (C=O) groups is 1. The summed E-state index contributed by atoms with van der Waals surface area (Å²) in [4.78, 5) is 11.7. The van der Waals surface area contributed by atoms with Gasteiger partial charge in [-0.3, -0.25) is 4.79 Å². The maximum atomic E-state index is 11.7. The van der Waals surface area contributed by atoms with E-state index in [0.717, 1.165) is 38.5 Å². The van der Waals surface area contributed by atoms with E-state index in [2.05, 4.69) is 34.3 Å². The molecule has 2 aliphatic carbocycles. The summed E-state index contributed by atoms with van der Waals surface area (Å²) in [6, 6.07) is 0. The van der Waals surface area contributed by atoms with Crippen LogP contribution in [0.3, 0.4) is 0 Å². The Balaban J connectivity index is 1.99. The van der Waals surface area contributed by atoms with Gasteiger partial charge in [-0.25, -0.2) is 0 Å². The summed E-state index contributed by atoms with van der Waals surface area (Å²) in [6.07, 6.45) is 5.52. The number of fused-ring (bicyclic) bond motifs is 3. The van der Waals surface area contributed by atoms with Gasteiger partial charge in [0, 0.05) is 11.0 Å². The first-order chi connectivity index (χ1) is 10.5. The van der Waals surface area contributed by atoms with Crippen LogP contribution in [0, 0.1) is 16.7 Å². The van der Waals surface area contributed by atoms with Gasteiger partial charge in [0.05, 0.1) is 17.3 Å². The zero-order valence-electron chi connectivity index (χ0n) is 15.4. The maximum absolute atomic E-state index is 11.7. The average molecular weight is 320 g/mol. The Labute approximate surface area is 140 Å². The molecule has 5 atom stereocenters. The van der Waals surface area contributed by atoms with Crippen LogP contribution in [-0.4, -0.2) is 28.2 Å². The summed E-state index contributed by atoms with van der Waals surface area (Å²) in [5.74, 6) is 0.288. The predicted octanol–water partition coefficient (Wildman–Crippen LogP) is 4.04. The van der Waals surface area contributed by atoms with E-state index in [-0.39, 0.29) is 34.2 Å². The summed E-state index contributed by atoms with van der Waals surface area (Å²) in [5.41, 5.74) is -0.553. The molecule has 0 radical (unpaired) electrons. The van der Waals surface area contributed by atoms with Crippen molar-refractivity contribution in [2.75, 3.05) is 0 Å². The number of hydrogen-bond acceptors (Lipinski definition) is 3. The lowest BCUT2D eigenvalue weighted by molar-refractivity contribution is -0.255. The van der Waals surface area contributed by atoms with Crippen molar-refractivity contribution >= 4 is 5.78 Å². The third-order valence-corrected chi connectivity index (χ3v) is 7.75. The van der Waals surface area contributed by atoms with Crippen molar-refractivity contribution in [2.45, 2.75) is 90.4 Å². The molecule has 3 heteroatoms. The van der Waals surface area contributed by atoms with Gasteiger partial charge in [-0.2, -0.15) is 0 Å². The quantitative estimate of drug-likeness (QED) is 0.781. The van der Waals surface area contributed by atoms with Crippen molar-refractivity contribution in [1.82, 2.24) is 0 Å². The molecule has 1 heterocycles. The van der Waals surface area contributed by atoms with E-state index in [4.69, 9.17) is 4.74 Å². The van der Waals surface area contributed by atoms with E-state index in [0.29, 0.717) is 5.57 Å². The zero-order valence-corrected chi connectivity index (χ0v) is 15.4. The topological polar surface area (TPSA) is 46.5 Å². The molecule has 1 N–H and O–H groups in total. The molecule has 3 aliphatic rings. The standard InChI is InChI=1S/C20H32O3/c1-13(14(2)21)15-12-16-18(5)9-7-8-17(3,4)20(18,22)11-10-19(16,6)23-15/h15-16,22H,1,7-12H2,2-6H3/t15-,16+,18+,19+,20+/m0/s1. The summed E-state index contributed by atoms with van der Waals surface area (Å²) >= 11 is 0. The van der Waals surface area contributed by atoms with Gasteiger partial charge in [0.1, 0.15) is 0 Å². The minimum atomic E-state index is -0.655. The van der Waals surface area contributed by atoms with Gasteiger partial charge in [-0.05, 0) is 57.3 Å². The third-order valence-electron chi connectivity index (χ3n) is 7.75. The minimum absolute atomic E-state index is 0.0154. The molecule has 0 unspecified atom stereocenters. The molecule has 3 fully saturated rings. The van der Waals surface area contributed by atoms with Gasteiger partial charge < -0.3 is 9.84 Å². The molecule has 0 bridgehead atoms. The lowest BCUT2D eigenvalue weighted by Gasteiger charge is -2.65. The predicted molar refractivity (Wildman–Crippen MR) is 91.1 cm³/mol. The Morgan fingerprint density at radius 1 is 1.13 bits per heavy atom. The molecule has 23 heavy (non-hydrogen) atoms. The first-order valence-corrected chi connectivity index (χ1v) is 9.07. The van der Waals surface area contributed by atoms with Crippen LogP contribution < -0.4 is 0 Å². The number of aliphatic hydroxyl groups is 1. The van der Waals surface area contributed by atoms with Gasteiger partial charge in [0.25, 0.3) is 0 Å². The maximum Gasteiger partial charge on any atom is 0.157 e. The zero-order chi connectivity index (χ0) is 17.3. The van der Waals surface area contributed by atoms with E-state index in [1.165, 1.54) is 0 Å². The molecule has 1 saturated heterocycles. The van der Waals surface area contributed by atoms with Crippen LogP contribution >= 0.6 is 0 Å². The molecular formula is C20H32O3. The molecular weight excluding hydrogens is 288 g/mol. The third kappa shape index (κ3) is 2.12. The van der Waals surface area contributed by atoms with Gasteiger partial charge in [-0.15, -0.1) is 0 Å². The average Bonchev–Trinajstić information content (AvgIpc) is 2.80. The van der Waals surface area contributed by atoms with E-state index in [1.54, 1.807) is 6.92 Å². The van der Waals surface area contributed by atoms with Crippen molar-refractivity contribution < 1.29 is 14.6 Å². The fourth-order valence-corrected chi connectivity index (χ4v) is 6.13. The van der Waals surface area contributed by atoms with E-state index >= 15 is 0 Å². The van der Waals surface area contributed by atoms with E-state index in [1.807, 2.05) is 0 Å². The number of carbonyl (C=O) groups excluding carboxylic acids is 1. The Morgan fingerprint density at radius 2 is 1.78 bits per heavy atom. The highest BCUT2D eigenvalue weighted by molar-refractivity contribution is 5.93. The summed E-state index contributed by atoms with van der Waals surface area (Å²) in [6.45, 7) is 14.4. The first kappa shape index (κ1) is 17.2. The SMILES string of the molecule is C=C(C(C)=O)[C@@H]1C[C@H]2[C@@](C)(CC[C@@]3(O)C(C)(C)CCC[C@]23C)O1. The highest BCUT2D eigenvalue weighted by Gasteiger charge is 2.69. The second-order valence-corrected chi connectivity index (χ2v) is 9.30. The van der Waals surface area contributed by atoms with Crippen LogP contribution in [0.4, 0.5) is 0 Å². The van der Waals surface area contributed by atoms with Gasteiger partial charge in [0.15, 0.2) is 5.78 Å². The van der Waals surface area contributed by atoms with Crippen molar-refractivity contribution in [3.63, 3.8) is 0 Å². The van der Waals surface area contributed by atoms with Crippen LogP contribution in [0.5, 0.6) is 0 Å². The molecule has 0 amide bonds. The van der Waals surface area contributed by atoms with E-state index < -0.39 is 5.60 Å². The van der Waals surface area contributed by atoms with Crippen molar-refractivity contribution in [1.29, 1.82) is 0 Å². The lowest BCUT2D eigenvalue weighted by Crippen LogP contribution is -2.67. The lowest BCUT2D eigenvalue weighted by atomic mass is 9.43. The second kappa shape index (κ2) is 4.92. The highest BCUT2D eigenvalue weighted by Crippen LogP contribution is 2.67. The van der Waals surface area contributed by atoms with Crippen LogP contribution in [0.1, 0.15) is 73.1 Å². The molecule has 130 valence electrons. The fourth-order valence-electron chi connectivity index (χ4n) is 6.13. The Morgan fingerprint density at radius 3 is 2.39 bits per heavy atom. The summed E-state index contributed by atoms with van der Waals surface area (Å²) < 4.78 is 6.37. The number of rotatable bonds is 2. The molecule has 3 rings (SSSR count). The molecule has 0 aromatic heterocycles. The summed E-state index contributed by atoms with van der Waals surface area (Å²) in [5, 5.41) is 11.7. The van der Waals surface area contributed by atoms with Crippen molar-refractivity contribution in [3.05, 3.63) is 12.2 Å². The summed E-state index contributed by atoms with van der Waals surface area (Å²) in [7, 11) is 0. The van der Waals surface area contributed by atoms with Crippen LogP contribution in [-0.2, 0) is 9.53 Å². The van der Waals surface area contributed by atoms with Gasteiger partial charge in [-0.1, -0.05) is 33.8 Å². The normalized spacial score (nSPS) is 48.4. The first-order valence-electron chi connectivity index (χ1n) is 9.07.